The van der Waals surface area contributed by atoms with Crippen molar-refractivity contribution < 1.29 is 174 Å². The molecule has 144 valence electrons. The Bertz CT molecular complexity index is 109. The summed E-state index contributed by atoms with van der Waals surface area (Å²) in [6, 6.07) is 0. The van der Waals surface area contributed by atoms with Crippen molar-refractivity contribution in [2.75, 3.05) is 0 Å². The van der Waals surface area contributed by atoms with Gasteiger partial charge in [-0.05, 0) is 0 Å². The molecular weight excluding hydrogens is 613 g/mol. The second-order valence-electron chi connectivity index (χ2n) is 1.15. The average molecular weight is 613 g/mol. The molecule has 0 atom stereocenters. The van der Waals surface area contributed by atoms with Crippen molar-refractivity contribution in [3.8, 4) is 0 Å². The van der Waals surface area contributed by atoms with Crippen LogP contribution in [0, 0.1) is 0 Å². The van der Waals surface area contributed by atoms with E-state index in [0.717, 1.165) is 52.1 Å². The molecule has 0 aromatic heterocycles. The number of rotatable bonds is 0. The molecule has 0 heterocycles. The van der Waals surface area contributed by atoms with Crippen LogP contribution < -0.4 is 60.3 Å². The molecule has 25 heteroatoms. The van der Waals surface area contributed by atoms with E-state index >= 15 is 0 Å². The van der Waals surface area contributed by atoms with Crippen molar-refractivity contribution >= 4 is 29.3 Å². The summed E-state index contributed by atoms with van der Waals surface area (Å²) in [6.07, 6.45) is 0. The van der Waals surface area contributed by atoms with E-state index in [9.17, 15) is 0 Å². The zero-order valence-corrected chi connectivity index (χ0v) is 18.1. The molecule has 0 fully saturated rings. The van der Waals surface area contributed by atoms with Gasteiger partial charge in [0.25, 0.3) is 0 Å². The van der Waals surface area contributed by atoms with Crippen LogP contribution in [0.4, 0.5) is 0 Å². The Morgan fingerprint density at radius 2 is 0.320 bits per heavy atom. The van der Waals surface area contributed by atoms with Crippen LogP contribution in [0.25, 0.3) is 0 Å². The fraction of sp³-hybridized carbons (Fsp3) is 0. The average Bonchev–Trinajstić information content (AvgIpc) is 2.33. The van der Waals surface area contributed by atoms with E-state index in [1.165, 1.54) is 0 Å². The van der Waals surface area contributed by atoms with Gasteiger partial charge in [-0.15, -0.1) is 0 Å². The molecule has 0 aliphatic rings. The molecule has 0 bridgehead atoms. The zero-order chi connectivity index (χ0) is 20.3. The van der Waals surface area contributed by atoms with Crippen LogP contribution in [-0.2, 0) is 113 Å². The first-order valence-electron chi connectivity index (χ1n) is 3.38. The summed E-state index contributed by atoms with van der Waals surface area (Å²) < 4.78 is 24.6. The third-order valence-electron chi connectivity index (χ3n) is 0. The Hall–Kier alpha value is 2.45. The van der Waals surface area contributed by atoms with Crippen molar-refractivity contribution in [3.63, 3.8) is 0 Å². The Morgan fingerprint density at radius 3 is 0.320 bits per heavy atom. The van der Waals surface area contributed by atoms with Crippen molar-refractivity contribution in [2.24, 2.45) is 0 Å². The predicted molar refractivity (Wildman–Crippen MR) is 25.1 cm³/mol. The number of hydrogen-bond donors (Lipinski definition) is 0. The molecule has 0 amide bonds. The van der Waals surface area contributed by atoms with Crippen molar-refractivity contribution in [1.82, 2.24) is 0 Å². The van der Waals surface area contributed by atoms with Crippen LogP contribution in [0.2, 0.25) is 0 Å². The van der Waals surface area contributed by atoms with Gasteiger partial charge in [0.1, 0.15) is 0 Å². The van der Waals surface area contributed by atoms with Gasteiger partial charge in [-0.1, -0.05) is 0 Å². The summed E-state index contributed by atoms with van der Waals surface area (Å²) in [6.45, 7) is 0. The van der Waals surface area contributed by atoms with Gasteiger partial charge in [-0.25, -0.2) is 0 Å². The maximum atomic E-state index is 8.42. The monoisotopic (exact) mass is 614 g/mol. The van der Waals surface area contributed by atoms with Gasteiger partial charge >= 0.3 is 113 Å². The molecule has 0 spiro atoms. The van der Waals surface area contributed by atoms with Crippen LogP contribution >= 0.6 is 0 Å². The first-order valence-corrected chi connectivity index (χ1v) is 5.09. The Balaban J connectivity index is -0.0000000132. The minimum atomic E-state index is -2.92. The fourth-order valence-corrected chi connectivity index (χ4v) is 0. The van der Waals surface area contributed by atoms with E-state index in [1.807, 2.05) is 0 Å². The summed E-state index contributed by atoms with van der Waals surface area (Å²) in [4.78, 5) is 0. The van der Waals surface area contributed by atoms with Gasteiger partial charge in [-0.2, -0.15) is 0 Å². The van der Waals surface area contributed by atoms with E-state index in [0.29, 0.717) is 0 Å². The molecule has 0 aliphatic heterocycles. The van der Waals surface area contributed by atoms with Crippen molar-refractivity contribution in [2.45, 2.75) is 0 Å². The van der Waals surface area contributed by atoms with E-state index < -0.39 is 29.3 Å². The van der Waals surface area contributed by atoms with Gasteiger partial charge in [-0.3, -0.25) is 29.3 Å². The molecule has 0 saturated heterocycles. The Labute approximate surface area is 201 Å². The molecule has 0 rings (SSSR count). The molecule has 0 aliphatic carbocycles. The van der Waals surface area contributed by atoms with Gasteiger partial charge in [0.2, 0.25) is 0 Å². The number of hydrogen-bond acceptors (Lipinski definition) is 15. The van der Waals surface area contributed by atoms with E-state index in [-0.39, 0.29) is 50.3 Å². The third-order valence-corrected chi connectivity index (χ3v) is 0. The zero-order valence-electron chi connectivity index (χ0n) is 10.8. The second kappa shape index (κ2) is 82.0. The van der Waals surface area contributed by atoms with Crippen LogP contribution in [0.3, 0.4) is 0 Å². The molecule has 0 aromatic carbocycles. The summed E-state index contributed by atoms with van der Waals surface area (Å²) >= 11 is 3.19. The topological polar surface area (TPSA) is 328 Å². The standard InChI is InChI=1S/4BO3.3Co.3O.3V/c4*2-1(3)4;;;;;;;;;/q4*-3;3*+2;;;;3*+2. The molecule has 15 nitrogen and oxygen atoms in total. The molecule has 0 unspecified atom stereocenters. The second-order valence-corrected chi connectivity index (χ2v) is 1.15. The quantitative estimate of drug-likeness (QED) is 0.229. The summed E-state index contributed by atoms with van der Waals surface area (Å²) in [5.41, 5.74) is 0. The normalized spacial score (nSPS) is 5.04. The maximum absolute atomic E-state index is 8.42. The molecular formula is B4Co3O15V3. The SMILES string of the molecule is [Co+2].[Co+2].[Co+2].[O-]B([O-])[O-].[O-]B([O-])[O-].[O-]B([O-])[O-].[O-]B([O-])[O-].[O]=[V+2].[O]=[V+2].[O]=[V+2]. The van der Waals surface area contributed by atoms with E-state index in [2.05, 4.69) is 0 Å². The predicted octanol–water partition coefficient (Wildman–Crippen LogP) is -16.2. The van der Waals surface area contributed by atoms with Gasteiger partial charge < -0.3 is 60.3 Å². The van der Waals surface area contributed by atoms with E-state index in [4.69, 9.17) is 71.3 Å². The van der Waals surface area contributed by atoms with Gasteiger partial charge in [0, 0.05) is 0 Å². The van der Waals surface area contributed by atoms with Gasteiger partial charge in [0.15, 0.2) is 0 Å². The first-order chi connectivity index (χ1) is 9.93. The minimum absolute atomic E-state index is 0. The summed E-state index contributed by atoms with van der Waals surface area (Å²) in [5, 5.41) is 101. The Morgan fingerprint density at radius 1 is 0.320 bits per heavy atom. The van der Waals surface area contributed by atoms with E-state index in [1.54, 1.807) is 0 Å². The first kappa shape index (κ1) is 63.1. The third kappa shape index (κ3) is 2630. The molecule has 25 heavy (non-hydrogen) atoms. The van der Waals surface area contributed by atoms with Crippen LogP contribution in [0.5, 0.6) is 0 Å². The van der Waals surface area contributed by atoms with Gasteiger partial charge in [0.05, 0.1) is 0 Å². The van der Waals surface area contributed by atoms with Crippen LogP contribution in [0.15, 0.2) is 0 Å². The Kier molecular flexibility index (Phi) is 207. The fourth-order valence-electron chi connectivity index (χ4n) is 0. The van der Waals surface area contributed by atoms with Crippen molar-refractivity contribution in [3.05, 3.63) is 0 Å². The van der Waals surface area contributed by atoms with Crippen molar-refractivity contribution in [1.29, 1.82) is 0 Å². The summed E-state index contributed by atoms with van der Waals surface area (Å²) in [5.74, 6) is 0. The van der Waals surface area contributed by atoms with Crippen LogP contribution in [-0.4, -0.2) is 29.3 Å². The molecule has 3 radical (unpaired) electrons. The molecule has 0 N–H and O–H groups in total. The van der Waals surface area contributed by atoms with Crippen LogP contribution in [0.1, 0.15) is 0 Å². The summed E-state index contributed by atoms with van der Waals surface area (Å²) in [7, 11) is -11.7. The molecule has 0 aromatic rings. The molecule has 0 saturated carbocycles.